The van der Waals surface area contributed by atoms with E-state index in [0.29, 0.717) is 11.6 Å². The Balaban J connectivity index is 1.60. The summed E-state index contributed by atoms with van der Waals surface area (Å²) in [5.74, 6) is 0.512. The van der Waals surface area contributed by atoms with E-state index in [-0.39, 0.29) is 12.3 Å². The van der Waals surface area contributed by atoms with Gasteiger partial charge in [0.05, 0.1) is 5.69 Å². The van der Waals surface area contributed by atoms with Gasteiger partial charge in [0.1, 0.15) is 24.6 Å². The van der Waals surface area contributed by atoms with Gasteiger partial charge >= 0.3 is 5.69 Å². The molecular formula is C20H21N6O2S+. The lowest BCUT2D eigenvalue weighted by atomic mass is 10.1. The van der Waals surface area contributed by atoms with Gasteiger partial charge < -0.3 is 4.74 Å². The molecule has 1 N–H and O–H groups in total. The summed E-state index contributed by atoms with van der Waals surface area (Å²) in [6, 6.07) is 15.6. The van der Waals surface area contributed by atoms with E-state index in [1.165, 1.54) is 9.36 Å². The Morgan fingerprint density at radius 2 is 1.90 bits per heavy atom. The topological polar surface area (TPSA) is 81.0 Å². The molecular weight excluding hydrogens is 388 g/mol. The SMILES string of the molecule is CSc1ccccc1-n1ccc(OCc2c(C)cccc2-n2[nH+]nn(C)c2=O)n1. The summed E-state index contributed by atoms with van der Waals surface area (Å²) in [4.78, 5) is 13.4. The highest BCUT2D eigenvalue weighted by molar-refractivity contribution is 7.98. The maximum Gasteiger partial charge on any atom is 0.473 e. The van der Waals surface area contributed by atoms with Crippen molar-refractivity contribution in [2.75, 3.05) is 6.26 Å². The number of aryl methyl sites for hydroxylation is 2. The standard InChI is InChI=1S/C20H20N6O2S/c1-14-7-6-9-16(26-20(27)24(2)22-23-26)15(14)13-28-19-11-12-25(21-19)17-8-4-5-10-18(17)29-3/h4-12H,13H2,1-3H3/p+1. The molecule has 0 spiro atoms. The number of ether oxygens (including phenoxy) is 1. The zero-order valence-electron chi connectivity index (χ0n) is 16.4. The third kappa shape index (κ3) is 3.68. The summed E-state index contributed by atoms with van der Waals surface area (Å²) < 4.78 is 10.4. The Kier molecular flexibility index (Phi) is 5.22. The Labute approximate surface area is 171 Å². The zero-order valence-corrected chi connectivity index (χ0v) is 17.2. The molecule has 0 fully saturated rings. The minimum atomic E-state index is -0.255. The Bertz CT molecular complexity index is 1210. The first-order valence-electron chi connectivity index (χ1n) is 9.03. The molecule has 0 aliphatic heterocycles. The van der Waals surface area contributed by atoms with Crippen LogP contribution in [0.4, 0.5) is 0 Å². The van der Waals surface area contributed by atoms with E-state index in [2.05, 4.69) is 21.6 Å². The van der Waals surface area contributed by atoms with Crippen molar-refractivity contribution in [1.29, 1.82) is 0 Å². The number of nitrogens with one attached hydrogen (secondary N) is 1. The van der Waals surface area contributed by atoms with Gasteiger partial charge in [-0.15, -0.1) is 16.9 Å². The monoisotopic (exact) mass is 409 g/mol. The van der Waals surface area contributed by atoms with Crippen LogP contribution in [0.1, 0.15) is 11.1 Å². The van der Waals surface area contributed by atoms with Crippen LogP contribution in [0.5, 0.6) is 5.88 Å². The molecule has 8 nitrogen and oxygen atoms in total. The second kappa shape index (κ2) is 7.96. The normalized spacial score (nSPS) is 11.0. The van der Waals surface area contributed by atoms with Gasteiger partial charge in [-0.05, 0) is 36.9 Å². The van der Waals surface area contributed by atoms with E-state index < -0.39 is 0 Å². The number of aromatic amines is 1. The van der Waals surface area contributed by atoms with Gasteiger partial charge in [-0.1, -0.05) is 38.8 Å². The molecule has 0 aliphatic rings. The third-order valence-corrected chi connectivity index (χ3v) is 5.44. The smallest absolute Gasteiger partial charge is 0.472 e. The maximum atomic E-state index is 12.3. The summed E-state index contributed by atoms with van der Waals surface area (Å²) in [5.41, 5.74) is 3.35. The number of hydrogen-bond donors (Lipinski definition) is 0. The van der Waals surface area contributed by atoms with Crippen molar-refractivity contribution in [2.45, 2.75) is 18.4 Å². The predicted molar refractivity (Wildman–Crippen MR) is 110 cm³/mol. The molecule has 2 aromatic heterocycles. The first-order chi connectivity index (χ1) is 14.1. The molecule has 0 bridgehead atoms. The van der Waals surface area contributed by atoms with E-state index in [1.54, 1.807) is 23.5 Å². The molecule has 0 unspecified atom stereocenters. The summed E-state index contributed by atoms with van der Waals surface area (Å²) in [6.07, 6.45) is 3.92. The van der Waals surface area contributed by atoms with Crippen molar-refractivity contribution in [1.82, 2.24) is 24.4 Å². The first kappa shape index (κ1) is 19.0. The Hall–Kier alpha value is -3.33. The number of tetrazole rings is 1. The van der Waals surface area contributed by atoms with Crippen molar-refractivity contribution in [3.05, 3.63) is 76.3 Å². The average molecular weight is 409 g/mol. The van der Waals surface area contributed by atoms with Gasteiger partial charge in [0.15, 0.2) is 0 Å². The fourth-order valence-electron chi connectivity index (χ4n) is 3.07. The van der Waals surface area contributed by atoms with Crippen molar-refractivity contribution in [3.8, 4) is 17.3 Å². The highest BCUT2D eigenvalue weighted by Gasteiger charge is 2.17. The first-order valence-corrected chi connectivity index (χ1v) is 10.3. The molecule has 0 saturated carbocycles. The molecule has 0 radical (unpaired) electrons. The van der Waals surface area contributed by atoms with Crippen molar-refractivity contribution < 1.29 is 9.95 Å². The summed E-state index contributed by atoms with van der Waals surface area (Å²) in [6.45, 7) is 2.26. The number of para-hydroxylation sites is 1. The highest BCUT2D eigenvalue weighted by Crippen LogP contribution is 2.24. The molecule has 4 rings (SSSR count). The van der Waals surface area contributed by atoms with Crippen LogP contribution in [0, 0.1) is 6.92 Å². The molecule has 4 aromatic rings. The molecule has 0 aliphatic carbocycles. The molecule has 0 amide bonds. The van der Waals surface area contributed by atoms with Gasteiger partial charge in [0.25, 0.3) is 0 Å². The van der Waals surface area contributed by atoms with E-state index in [4.69, 9.17) is 4.74 Å². The number of H-pyrrole nitrogens is 1. The number of benzene rings is 2. The van der Waals surface area contributed by atoms with E-state index >= 15 is 0 Å². The Morgan fingerprint density at radius 3 is 2.66 bits per heavy atom. The van der Waals surface area contributed by atoms with Crippen molar-refractivity contribution >= 4 is 11.8 Å². The quantitative estimate of drug-likeness (QED) is 0.456. The van der Waals surface area contributed by atoms with E-state index in [9.17, 15) is 4.79 Å². The third-order valence-electron chi connectivity index (χ3n) is 4.65. The van der Waals surface area contributed by atoms with Crippen LogP contribution in [0.15, 0.2) is 64.4 Å². The fraction of sp³-hybridized carbons (Fsp3) is 0.200. The van der Waals surface area contributed by atoms with Crippen molar-refractivity contribution in [2.24, 2.45) is 7.05 Å². The van der Waals surface area contributed by atoms with Crippen LogP contribution < -0.4 is 15.6 Å². The summed E-state index contributed by atoms with van der Waals surface area (Å²) in [7, 11) is 1.60. The van der Waals surface area contributed by atoms with Gasteiger partial charge in [-0.3, -0.25) is 0 Å². The van der Waals surface area contributed by atoms with Gasteiger partial charge in [-0.2, -0.15) is 0 Å². The van der Waals surface area contributed by atoms with Crippen LogP contribution in [-0.2, 0) is 13.7 Å². The van der Waals surface area contributed by atoms with E-state index in [0.717, 1.165) is 21.7 Å². The molecule has 29 heavy (non-hydrogen) atoms. The fourth-order valence-corrected chi connectivity index (χ4v) is 3.65. The van der Waals surface area contributed by atoms with Crippen LogP contribution in [0.3, 0.4) is 0 Å². The van der Waals surface area contributed by atoms with Crippen LogP contribution >= 0.6 is 11.8 Å². The van der Waals surface area contributed by atoms with Crippen LogP contribution in [-0.4, -0.2) is 30.6 Å². The van der Waals surface area contributed by atoms with E-state index in [1.807, 2.05) is 61.8 Å². The molecule has 0 saturated heterocycles. The lowest BCUT2D eigenvalue weighted by Crippen LogP contribution is -2.29. The zero-order chi connectivity index (χ0) is 20.4. The van der Waals surface area contributed by atoms with Gasteiger partial charge in [0.2, 0.25) is 5.88 Å². The Morgan fingerprint density at radius 1 is 1.10 bits per heavy atom. The second-order valence-electron chi connectivity index (χ2n) is 6.47. The number of thioether (sulfide) groups is 1. The number of nitrogens with zero attached hydrogens (tertiary/aromatic N) is 5. The van der Waals surface area contributed by atoms with Gasteiger partial charge in [0, 0.05) is 22.7 Å². The molecule has 0 atom stereocenters. The lowest BCUT2D eigenvalue weighted by molar-refractivity contribution is -0.546. The summed E-state index contributed by atoms with van der Waals surface area (Å²) >= 11 is 1.67. The largest absolute Gasteiger partial charge is 0.473 e. The number of hydrogen-bond acceptors (Lipinski definition) is 5. The molecule has 2 aromatic carbocycles. The van der Waals surface area contributed by atoms with Crippen LogP contribution in [0.25, 0.3) is 11.4 Å². The molecule has 9 heteroatoms. The minimum Gasteiger partial charge on any atom is -0.472 e. The van der Waals surface area contributed by atoms with Crippen LogP contribution in [0.2, 0.25) is 0 Å². The maximum absolute atomic E-state index is 12.3. The number of rotatable bonds is 6. The summed E-state index contributed by atoms with van der Waals surface area (Å²) in [5, 5.41) is 11.2. The van der Waals surface area contributed by atoms with Crippen molar-refractivity contribution in [3.63, 3.8) is 0 Å². The molecule has 148 valence electrons. The molecule has 2 heterocycles. The average Bonchev–Trinajstić information content (AvgIpc) is 3.34. The second-order valence-corrected chi connectivity index (χ2v) is 7.32. The van der Waals surface area contributed by atoms with Gasteiger partial charge in [-0.25, -0.2) is 9.48 Å². The lowest BCUT2D eigenvalue weighted by Gasteiger charge is -2.11. The minimum absolute atomic E-state index is 0.255. The highest BCUT2D eigenvalue weighted by atomic mass is 32.2. The predicted octanol–water partition coefficient (Wildman–Crippen LogP) is 2.18. The number of aromatic nitrogens is 6.